The van der Waals surface area contributed by atoms with Crippen molar-refractivity contribution in [3.05, 3.63) is 47.2 Å². The third kappa shape index (κ3) is 6.35. The van der Waals surface area contributed by atoms with Gasteiger partial charge in [-0.15, -0.1) is 11.8 Å². The molecule has 1 aromatic heterocycles. The molecule has 1 aromatic carbocycles. The predicted octanol–water partition coefficient (Wildman–Crippen LogP) is 5.23. The van der Waals surface area contributed by atoms with E-state index in [0.29, 0.717) is 30.4 Å². The van der Waals surface area contributed by atoms with Crippen molar-refractivity contribution in [2.75, 3.05) is 42.1 Å². The van der Waals surface area contributed by atoms with E-state index in [4.69, 9.17) is 0 Å². The van der Waals surface area contributed by atoms with Crippen molar-refractivity contribution in [3.63, 3.8) is 0 Å². The molecular weight excluding hydrogens is 458 g/mol. The van der Waals surface area contributed by atoms with Gasteiger partial charge in [-0.05, 0) is 82.0 Å². The van der Waals surface area contributed by atoms with Gasteiger partial charge in [0.2, 0.25) is 0 Å². The number of aryl methyl sites for hydroxylation is 2. The Kier molecular flexibility index (Phi) is 8.68. The first-order valence-electron chi connectivity index (χ1n) is 12.8. The predicted molar refractivity (Wildman–Crippen MR) is 144 cm³/mol. The molecule has 1 atom stereocenters. The molecule has 0 spiro atoms. The summed E-state index contributed by atoms with van der Waals surface area (Å²) in [4.78, 5) is 34.5. The van der Waals surface area contributed by atoms with Gasteiger partial charge in [-0.25, -0.2) is 9.78 Å². The second-order valence-electron chi connectivity index (χ2n) is 9.45. The van der Waals surface area contributed by atoms with Crippen LogP contribution in [0.15, 0.2) is 35.4 Å². The van der Waals surface area contributed by atoms with E-state index in [9.17, 15) is 9.59 Å². The summed E-state index contributed by atoms with van der Waals surface area (Å²) in [5, 5.41) is 6.91. The van der Waals surface area contributed by atoms with Gasteiger partial charge in [0.25, 0.3) is 5.91 Å². The van der Waals surface area contributed by atoms with Crippen LogP contribution in [0.1, 0.15) is 60.6 Å². The fourth-order valence-corrected chi connectivity index (χ4v) is 6.16. The highest BCUT2D eigenvalue weighted by molar-refractivity contribution is 7.99. The molecule has 2 N–H and O–H groups in total. The monoisotopic (exact) mass is 495 g/mol. The molecule has 188 valence electrons. The molecule has 0 radical (unpaired) electrons. The lowest BCUT2D eigenvalue weighted by Gasteiger charge is -2.35. The largest absolute Gasteiger partial charge is 0.352 e. The average molecular weight is 496 g/mol. The number of likely N-dealkylation sites (tertiary alicyclic amines) is 1. The maximum Gasteiger partial charge on any atom is 0.326 e. The summed E-state index contributed by atoms with van der Waals surface area (Å²) in [5.74, 6) is 0.736. The molecule has 1 saturated heterocycles. The Morgan fingerprint density at radius 3 is 2.71 bits per heavy atom. The Bertz CT molecular complexity index is 1040. The number of anilines is 2. The highest BCUT2D eigenvalue weighted by Crippen LogP contribution is 2.36. The molecule has 2 aromatic rings. The Balaban J connectivity index is 1.28. The van der Waals surface area contributed by atoms with Crippen molar-refractivity contribution in [2.45, 2.75) is 63.9 Å². The number of piperidine rings is 1. The van der Waals surface area contributed by atoms with Gasteiger partial charge < -0.3 is 15.5 Å². The summed E-state index contributed by atoms with van der Waals surface area (Å²) in [6, 6.07) is 9.62. The number of hydrogen-bond donors (Lipinski definition) is 2. The van der Waals surface area contributed by atoms with Gasteiger partial charge >= 0.3 is 6.03 Å². The number of fused-ring (bicyclic) bond motifs is 1. The highest BCUT2D eigenvalue weighted by atomic mass is 32.2. The van der Waals surface area contributed by atoms with Crippen LogP contribution in [0.4, 0.5) is 16.2 Å². The lowest BCUT2D eigenvalue weighted by atomic mass is 10.00. The molecule has 4 rings (SSSR count). The summed E-state index contributed by atoms with van der Waals surface area (Å²) in [6.45, 7) is 9.77. The Morgan fingerprint density at radius 1 is 1.14 bits per heavy atom. The second kappa shape index (κ2) is 11.9. The summed E-state index contributed by atoms with van der Waals surface area (Å²) in [6.07, 6.45) is 6.08. The molecule has 0 saturated carbocycles. The van der Waals surface area contributed by atoms with Crippen LogP contribution >= 0.6 is 11.8 Å². The lowest BCUT2D eigenvalue weighted by molar-refractivity contribution is 0.0947. The van der Waals surface area contributed by atoms with Crippen molar-refractivity contribution in [1.82, 2.24) is 15.2 Å². The van der Waals surface area contributed by atoms with E-state index < -0.39 is 0 Å². The number of pyridine rings is 1. The van der Waals surface area contributed by atoms with Gasteiger partial charge in [-0.2, -0.15) is 0 Å². The number of benzene rings is 1. The zero-order valence-electron chi connectivity index (χ0n) is 21.1. The zero-order valence-corrected chi connectivity index (χ0v) is 21.9. The van der Waals surface area contributed by atoms with E-state index >= 15 is 0 Å². The van der Waals surface area contributed by atoms with Crippen LogP contribution in [-0.4, -0.2) is 59.8 Å². The van der Waals surface area contributed by atoms with Crippen LogP contribution in [0.2, 0.25) is 0 Å². The van der Waals surface area contributed by atoms with Gasteiger partial charge in [-0.1, -0.05) is 13.3 Å². The fraction of sp³-hybridized carbons (Fsp3) is 0.519. The average Bonchev–Trinajstić information content (AvgIpc) is 2.86. The number of nitrogens with zero attached hydrogens (tertiary/aromatic N) is 3. The SMILES string of the molecule is CC[C@@H]1CCCCN1CCCNC(=O)c1ccc(NC(=O)N2CCSc3nc(C)cc(C)c32)cc1. The van der Waals surface area contributed by atoms with Gasteiger partial charge in [0, 0.05) is 48.4 Å². The third-order valence-electron chi connectivity index (χ3n) is 6.87. The molecule has 35 heavy (non-hydrogen) atoms. The molecule has 8 heteroatoms. The normalized spacial score (nSPS) is 18.1. The molecule has 3 heterocycles. The van der Waals surface area contributed by atoms with Gasteiger partial charge in [0.05, 0.1) is 5.69 Å². The van der Waals surface area contributed by atoms with E-state index in [1.807, 2.05) is 19.9 Å². The number of hydrogen-bond acceptors (Lipinski definition) is 5. The molecule has 0 aliphatic carbocycles. The molecule has 0 unspecified atom stereocenters. The molecule has 3 amide bonds. The van der Waals surface area contributed by atoms with Crippen LogP contribution < -0.4 is 15.5 Å². The van der Waals surface area contributed by atoms with Crippen molar-refractivity contribution in [2.24, 2.45) is 0 Å². The molecule has 0 bridgehead atoms. The summed E-state index contributed by atoms with van der Waals surface area (Å²) < 4.78 is 0. The van der Waals surface area contributed by atoms with E-state index in [0.717, 1.165) is 40.7 Å². The summed E-state index contributed by atoms with van der Waals surface area (Å²) in [5.41, 5.74) is 4.16. The number of carbonyl (C=O) groups excluding carboxylic acids is 2. The van der Waals surface area contributed by atoms with Crippen molar-refractivity contribution in [3.8, 4) is 0 Å². The Hall–Kier alpha value is -2.58. The highest BCUT2D eigenvalue weighted by Gasteiger charge is 2.26. The third-order valence-corrected chi connectivity index (χ3v) is 7.82. The Labute approximate surface area is 213 Å². The number of rotatable bonds is 7. The van der Waals surface area contributed by atoms with Crippen LogP contribution in [0.5, 0.6) is 0 Å². The topological polar surface area (TPSA) is 77.6 Å². The number of thioether (sulfide) groups is 1. The van der Waals surface area contributed by atoms with Gasteiger partial charge in [0.15, 0.2) is 0 Å². The summed E-state index contributed by atoms with van der Waals surface area (Å²) >= 11 is 1.69. The van der Waals surface area contributed by atoms with E-state index in [1.165, 1.54) is 32.2 Å². The smallest absolute Gasteiger partial charge is 0.326 e. The molecule has 1 fully saturated rings. The number of carbonyl (C=O) groups is 2. The van der Waals surface area contributed by atoms with Crippen molar-refractivity contribution >= 4 is 35.1 Å². The van der Waals surface area contributed by atoms with E-state index in [1.54, 1.807) is 40.9 Å². The summed E-state index contributed by atoms with van der Waals surface area (Å²) in [7, 11) is 0. The fourth-order valence-electron chi connectivity index (χ4n) is 5.07. The minimum atomic E-state index is -0.180. The second-order valence-corrected chi connectivity index (χ2v) is 10.5. The van der Waals surface area contributed by atoms with Crippen molar-refractivity contribution < 1.29 is 9.59 Å². The van der Waals surface area contributed by atoms with E-state index in [2.05, 4.69) is 27.4 Å². The molecule has 7 nitrogen and oxygen atoms in total. The van der Waals surface area contributed by atoms with Gasteiger partial charge in [0.1, 0.15) is 5.03 Å². The molecule has 2 aliphatic heterocycles. The number of urea groups is 1. The first kappa shape index (κ1) is 25.5. The molecular formula is C27H37N5O2S. The maximum absolute atomic E-state index is 13.0. The number of nitrogens with one attached hydrogen (secondary N) is 2. The number of amides is 3. The lowest BCUT2D eigenvalue weighted by Crippen LogP contribution is -2.40. The van der Waals surface area contributed by atoms with Crippen LogP contribution in [0.3, 0.4) is 0 Å². The molecule has 2 aliphatic rings. The van der Waals surface area contributed by atoms with Crippen LogP contribution in [0, 0.1) is 13.8 Å². The number of aromatic nitrogens is 1. The van der Waals surface area contributed by atoms with E-state index in [-0.39, 0.29) is 11.9 Å². The van der Waals surface area contributed by atoms with Gasteiger partial charge in [-0.3, -0.25) is 9.69 Å². The Morgan fingerprint density at radius 2 is 1.94 bits per heavy atom. The maximum atomic E-state index is 13.0. The van der Waals surface area contributed by atoms with Crippen molar-refractivity contribution in [1.29, 1.82) is 0 Å². The standard InChI is InChI=1S/C27H37N5O2S/c1-4-23-8-5-6-14-31(23)15-7-13-28-25(33)21-9-11-22(12-10-21)30-27(34)32-16-17-35-26-24(32)19(2)18-20(3)29-26/h9-12,18,23H,4-8,13-17H2,1-3H3,(H,28,33)(H,30,34)/t23-/m1/s1. The first-order valence-corrected chi connectivity index (χ1v) is 13.8. The van der Waals surface area contributed by atoms with Crippen LogP contribution in [0.25, 0.3) is 0 Å². The first-order chi connectivity index (χ1) is 17.0. The minimum Gasteiger partial charge on any atom is -0.352 e. The minimum absolute atomic E-state index is 0.0763. The van der Waals surface area contributed by atoms with Crippen LogP contribution in [-0.2, 0) is 0 Å². The zero-order chi connectivity index (χ0) is 24.8. The quantitative estimate of drug-likeness (QED) is 0.515.